The highest BCUT2D eigenvalue weighted by Gasteiger charge is 2.17. The maximum Gasteiger partial charge on any atom is 0.0195 e. The third-order valence-electron chi connectivity index (χ3n) is 4.01. The Kier molecular flexibility index (Phi) is 7.06. The summed E-state index contributed by atoms with van der Waals surface area (Å²) in [5, 5.41) is 3.65. The quantitative estimate of drug-likeness (QED) is 0.718. The van der Waals surface area contributed by atoms with E-state index in [9.17, 15) is 0 Å². The van der Waals surface area contributed by atoms with E-state index in [1.54, 1.807) is 0 Å². The average Bonchev–Trinajstić information content (AvgIpc) is 2.35. The molecule has 1 N–H and O–H groups in total. The molecule has 1 heterocycles. The molecule has 0 aromatic heterocycles. The van der Waals surface area contributed by atoms with Crippen LogP contribution in [0.2, 0.25) is 0 Å². The molecule has 1 aliphatic heterocycles. The van der Waals surface area contributed by atoms with Gasteiger partial charge in [-0.15, -0.1) is 0 Å². The zero-order chi connectivity index (χ0) is 11.8. The molecule has 1 unspecified atom stereocenters. The highest BCUT2D eigenvalue weighted by Crippen LogP contribution is 2.13. The van der Waals surface area contributed by atoms with E-state index < -0.39 is 0 Å². The second kappa shape index (κ2) is 8.08. The van der Waals surface area contributed by atoms with Crippen LogP contribution >= 0.6 is 0 Å². The Morgan fingerprint density at radius 1 is 1.19 bits per heavy atom. The molecule has 1 atom stereocenters. The van der Waals surface area contributed by atoms with E-state index in [-0.39, 0.29) is 0 Å². The van der Waals surface area contributed by atoms with E-state index >= 15 is 0 Å². The summed E-state index contributed by atoms with van der Waals surface area (Å²) in [6.45, 7) is 11.9. The SMILES string of the molecule is CCC(CC)CN(CC)CC1CCCCN1. The summed E-state index contributed by atoms with van der Waals surface area (Å²) in [5.74, 6) is 0.892. The average molecular weight is 226 g/mol. The molecule has 0 radical (unpaired) electrons. The first-order valence-electron chi connectivity index (χ1n) is 7.25. The van der Waals surface area contributed by atoms with Gasteiger partial charge in [0.2, 0.25) is 0 Å². The Hall–Kier alpha value is -0.0800. The van der Waals surface area contributed by atoms with E-state index in [2.05, 4.69) is 31.0 Å². The molecule has 0 amide bonds. The zero-order valence-corrected chi connectivity index (χ0v) is 11.5. The van der Waals surface area contributed by atoms with Crippen LogP contribution in [0.4, 0.5) is 0 Å². The van der Waals surface area contributed by atoms with Crippen LogP contribution in [0.15, 0.2) is 0 Å². The molecule has 0 spiro atoms. The van der Waals surface area contributed by atoms with E-state index in [0.717, 1.165) is 12.0 Å². The number of likely N-dealkylation sites (N-methyl/N-ethyl adjacent to an activating group) is 1. The van der Waals surface area contributed by atoms with Crippen LogP contribution in [0.1, 0.15) is 52.9 Å². The molecule has 2 heteroatoms. The van der Waals surface area contributed by atoms with E-state index in [0.29, 0.717) is 0 Å². The number of rotatable bonds is 7. The molecule has 0 saturated carbocycles. The van der Waals surface area contributed by atoms with Crippen molar-refractivity contribution < 1.29 is 0 Å². The fourth-order valence-corrected chi connectivity index (χ4v) is 2.64. The van der Waals surface area contributed by atoms with Crippen molar-refractivity contribution in [3.05, 3.63) is 0 Å². The van der Waals surface area contributed by atoms with Crippen molar-refractivity contribution in [3.8, 4) is 0 Å². The summed E-state index contributed by atoms with van der Waals surface area (Å²) < 4.78 is 0. The zero-order valence-electron chi connectivity index (χ0n) is 11.5. The summed E-state index contributed by atoms with van der Waals surface area (Å²) in [5.41, 5.74) is 0. The van der Waals surface area contributed by atoms with E-state index in [4.69, 9.17) is 0 Å². The van der Waals surface area contributed by atoms with Gasteiger partial charge in [0.05, 0.1) is 0 Å². The van der Waals surface area contributed by atoms with Gasteiger partial charge in [-0.3, -0.25) is 0 Å². The first-order chi connectivity index (χ1) is 7.80. The van der Waals surface area contributed by atoms with Gasteiger partial charge in [-0.25, -0.2) is 0 Å². The number of nitrogens with one attached hydrogen (secondary N) is 1. The second-order valence-electron chi connectivity index (χ2n) is 5.18. The molecule has 0 bridgehead atoms. The molecule has 2 nitrogen and oxygen atoms in total. The maximum atomic E-state index is 3.65. The fraction of sp³-hybridized carbons (Fsp3) is 1.00. The minimum atomic E-state index is 0.753. The van der Waals surface area contributed by atoms with Crippen LogP contribution in [0.5, 0.6) is 0 Å². The number of nitrogens with zero attached hydrogens (tertiary/aromatic N) is 1. The molecule has 16 heavy (non-hydrogen) atoms. The standard InChI is InChI=1S/C14H30N2/c1-4-13(5-2)11-16(6-3)12-14-9-7-8-10-15-14/h13-15H,4-12H2,1-3H3. The smallest absolute Gasteiger partial charge is 0.0195 e. The van der Waals surface area contributed by atoms with Gasteiger partial charge in [0.25, 0.3) is 0 Å². The Balaban J connectivity index is 2.29. The number of hydrogen-bond acceptors (Lipinski definition) is 2. The number of piperidine rings is 1. The van der Waals surface area contributed by atoms with E-state index in [1.165, 1.54) is 58.3 Å². The number of hydrogen-bond donors (Lipinski definition) is 1. The summed E-state index contributed by atoms with van der Waals surface area (Å²) in [4.78, 5) is 2.64. The predicted octanol–water partition coefficient (Wildman–Crippen LogP) is 2.89. The van der Waals surface area contributed by atoms with Gasteiger partial charge in [0.1, 0.15) is 0 Å². The third-order valence-corrected chi connectivity index (χ3v) is 4.01. The highest BCUT2D eigenvalue weighted by atomic mass is 15.1. The molecular weight excluding hydrogens is 196 g/mol. The molecule has 0 aliphatic carbocycles. The van der Waals surface area contributed by atoms with Crippen molar-refractivity contribution in [2.24, 2.45) is 5.92 Å². The Morgan fingerprint density at radius 3 is 2.44 bits per heavy atom. The Morgan fingerprint density at radius 2 is 1.94 bits per heavy atom. The summed E-state index contributed by atoms with van der Waals surface area (Å²) in [6, 6.07) is 0.753. The van der Waals surface area contributed by atoms with Crippen molar-refractivity contribution in [1.82, 2.24) is 10.2 Å². The first-order valence-corrected chi connectivity index (χ1v) is 7.25. The Labute approximate surface area is 102 Å². The fourth-order valence-electron chi connectivity index (χ4n) is 2.64. The lowest BCUT2D eigenvalue weighted by molar-refractivity contribution is 0.198. The minimum Gasteiger partial charge on any atom is -0.313 e. The molecule has 96 valence electrons. The molecule has 1 rings (SSSR count). The van der Waals surface area contributed by atoms with Gasteiger partial charge in [-0.2, -0.15) is 0 Å². The maximum absolute atomic E-state index is 3.65. The monoisotopic (exact) mass is 226 g/mol. The van der Waals surface area contributed by atoms with Crippen LogP contribution in [0, 0.1) is 5.92 Å². The molecule has 1 aliphatic rings. The third kappa shape index (κ3) is 4.84. The van der Waals surface area contributed by atoms with Gasteiger partial charge in [0.15, 0.2) is 0 Å². The topological polar surface area (TPSA) is 15.3 Å². The van der Waals surface area contributed by atoms with Crippen LogP contribution in [-0.4, -0.2) is 37.1 Å². The van der Waals surface area contributed by atoms with Crippen LogP contribution in [-0.2, 0) is 0 Å². The lowest BCUT2D eigenvalue weighted by Gasteiger charge is -2.31. The summed E-state index contributed by atoms with van der Waals surface area (Å²) in [7, 11) is 0. The van der Waals surface area contributed by atoms with Crippen molar-refractivity contribution in [1.29, 1.82) is 0 Å². The van der Waals surface area contributed by atoms with Crippen LogP contribution in [0.25, 0.3) is 0 Å². The molecular formula is C14H30N2. The molecule has 0 aromatic carbocycles. The normalized spacial score (nSPS) is 21.9. The van der Waals surface area contributed by atoms with Crippen molar-refractivity contribution >= 4 is 0 Å². The predicted molar refractivity (Wildman–Crippen MR) is 71.8 cm³/mol. The van der Waals surface area contributed by atoms with Crippen molar-refractivity contribution in [2.45, 2.75) is 58.9 Å². The minimum absolute atomic E-state index is 0.753. The van der Waals surface area contributed by atoms with Crippen LogP contribution < -0.4 is 5.32 Å². The van der Waals surface area contributed by atoms with E-state index in [1.807, 2.05) is 0 Å². The van der Waals surface area contributed by atoms with Crippen molar-refractivity contribution in [3.63, 3.8) is 0 Å². The highest BCUT2D eigenvalue weighted by molar-refractivity contribution is 4.76. The van der Waals surface area contributed by atoms with Gasteiger partial charge in [-0.05, 0) is 31.8 Å². The van der Waals surface area contributed by atoms with Gasteiger partial charge < -0.3 is 10.2 Å². The molecule has 1 saturated heterocycles. The van der Waals surface area contributed by atoms with Crippen molar-refractivity contribution in [2.75, 3.05) is 26.2 Å². The molecule has 1 fully saturated rings. The van der Waals surface area contributed by atoms with Gasteiger partial charge in [-0.1, -0.05) is 40.0 Å². The first kappa shape index (κ1) is 14.0. The Bertz CT molecular complexity index is 160. The lowest BCUT2D eigenvalue weighted by atomic mass is 10.0. The molecule has 0 aromatic rings. The summed E-state index contributed by atoms with van der Waals surface area (Å²) >= 11 is 0. The van der Waals surface area contributed by atoms with Gasteiger partial charge >= 0.3 is 0 Å². The second-order valence-corrected chi connectivity index (χ2v) is 5.18. The lowest BCUT2D eigenvalue weighted by Crippen LogP contribution is -2.44. The summed E-state index contributed by atoms with van der Waals surface area (Å²) in [6.07, 6.45) is 6.81. The van der Waals surface area contributed by atoms with Crippen LogP contribution in [0.3, 0.4) is 0 Å². The largest absolute Gasteiger partial charge is 0.313 e. The van der Waals surface area contributed by atoms with Gasteiger partial charge in [0, 0.05) is 19.1 Å².